The molecule has 17 nitrogen and oxygen atoms in total. The van der Waals surface area contributed by atoms with Crippen molar-refractivity contribution in [3.63, 3.8) is 0 Å². The molecule has 344 valence electrons. The quantitative estimate of drug-likeness (QED) is 0.107. The number of nitrogens with zero attached hydrogens (tertiary/aromatic N) is 4. The standard InChI is InChI=1S/C49H54N8O9/c1-25(63-3)41(54-48(60)64-4)47(59)57-37-18-30(37)19-39(57)44-50-21-36(52-44)29-11-13-32-31(16-29)24-66-40-20-33-28(17-34(32)40)12-14-35-43(33)53-45(51-35)38-15-26(23-62-2)22-56(38)46(58)42(55-49(61)65-5)27-9-7-6-8-10-27/h6-9,11-14,16-17,20-21,25-27,30,37-39,41-42H,10,15,18-19,22-24H2,1-5H3,(H,50,52)(H,51,53)(H,54,60)(H,55,61)/t25-,26+,27?,30?,37?,38+,39+,41+,42-/m1/s1. The lowest BCUT2D eigenvalue weighted by Gasteiger charge is -2.32. The summed E-state index contributed by atoms with van der Waals surface area (Å²) in [6, 6.07) is 12.3. The highest BCUT2D eigenvalue weighted by molar-refractivity contribution is 6.07. The third-order valence-corrected chi connectivity index (χ3v) is 14.1. The molecule has 9 atom stereocenters. The molecule has 5 aliphatic rings. The first kappa shape index (κ1) is 43.2. The van der Waals surface area contributed by atoms with E-state index in [1.807, 2.05) is 46.4 Å². The van der Waals surface area contributed by atoms with E-state index in [1.165, 1.54) is 21.3 Å². The van der Waals surface area contributed by atoms with Gasteiger partial charge in [-0.2, -0.15) is 0 Å². The second-order valence-corrected chi connectivity index (χ2v) is 18.0. The third kappa shape index (κ3) is 7.82. The molecule has 10 rings (SSSR count). The van der Waals surface area contributed by atoms with E-state index < -0.39 is 30.4 Å². The predicted molar refractivity (Wildman–Crippen MR) is 243 cm³/mol. The van der Waals surface area contributed by atoms with Crippen LogP contribution in [0.4, 0.5) is 9.59 Å². The van der Waals surface area contributed by atoms with E-state index in [0.717, 1.165) is 68.3 Å². The zero-order valence-electron chi connectivity index (χ0n) is 37.5. The van der Waals surface area contributed by atoms with Gasteiger partial charge in [0.15, 0.2) is 0 Å². The zero-order valence-corrected chi connectivity index (χ0v) is 37.5. The van der Waals surface area contributed by atoms with E-state index in [1.54, 1.807) is 14.0 Å². The zero-order chi connectivity index (χ0) is 45.8. The Morgan fingerprint density at radius 1 is 0.894 bits per heavy atom. The fraction of sp³-hybridized carbons (Fsp3) is 0.429. The summed E-state index contributed by atoms with van der Waals surface area (Å²) in [5.41, 5.74) is 6.46. The molecule has 66 heavy (non-hydrogen) atoms. The number of methoxy groups -OCH3 is 4. The van der Waals surface area contributed by atoms with E-state index >= 15 is 0 Å². The van der Waals surface area contributed by atoms with Gasteiger partial charge in [0.05, 0.1) is 61.9 Å². The van der Waals surface area contributed by atoms with Gasteiger partial charge < -0.3 is 54.1 Å². The molecule has 3 unspecified atom stereocenters. The van der Waals surface area contributed by atoms with Gasteiger partial charge in [0, 0.05) is 49.6 Å². The van der Waals surface area contributed by atoms with Gasteiger partial charge in [-0.1, -0.05) is 42.5 Å². The summed E-state index contributed by atoms with van der Waals surface area (Å²) >= 11 is 0. The number of ether oxygens (including phenoxy) is 5. The number of aromatic nitrogens is 4. The molecular formula is C49H54N8O9. The van der Waals surface area contributed by atoms with Crippen molar-refractivity contribution in [3.05, 3.63) is 90.2 Å². The van der Waals surface area contributed by atoms with Crippen LogP contribution in [0.25, 0.3) is 44.2 Å². The average Bonchev–Trinajstić information content (AvgIpc) is 3.81. The summed E-state index contributed by atoms with van der Waals surface area (Å²) in [6.45, 7) is 3.05. The summed E-state index contributed by atoms with van der Waals surface area (Å²) in [4.78, 5) is 73.8. The summed E-state index contributed by atoms with van der Waals surface area (Å²) in [5.74, 6) is 1.93. The van der Waals surface area contributed by atoms with Gasteiger partial charge in [0.2, 0.25) is 11.8 Å². The maximum atomic E-state index is 14.5. The molecule has 3 fully saturated rings. The van der Waals surface area contributed by atoms with Gasteiger partial charge in [-0.05, 0) is 84.9 Å². The second kappa shape index (κ2) is 17.6. The van der Waals surface area contributed by atoms with E-state index in [-0.39, 0.29) is 41.8 Å². The molecule has 5 aromatic rings. The second-order valence-electron chi connectivity index (χ2n) is 18.0. The number of imidazole rings is 2. The fourth-order valence-electron chi connectivity index (χ4n) is 10.5. The Bertz CT molecular complexity index is 2780. The number of hydrogen-bond donors (Lipinski definition) is 4. The van der Waals surface area contributed by atoms with E-state index in [2.05, 4.69) is 57.0 Å². The number of benzene rings is 3. The highest BCUT2D eigenvalue weighted by atomic mass is 16.5. The van der Waals surface area contributed by atoms with Crippen molar-refractivity contribution in [2.24, 2.45) is 17.8 Å². The van der Waals surface area contributed by atoms with Gasteiger partial charge in [0.1, 0.15) is 36.1 Å². The van der Waals surface area contributed by atoms with Crippen molar-refractivity contribution >= 4 is 45.8 Å². The highest BCUT2D eigenvalue weighted by Crippen LogP contribution is 2.53. The van der Waals surface area contributed by atoms with Crippen LogP contribution in [0.2, 0.25) is 0 Å². The number of likely N-dealkylation sites (tertiary alicyclic amines) is 2. The number of alkyl carbamates (subject to hydrolysis) is 2. The van der Waals surface area contributed by atoms with Crippen LogP contribution in [0.5, 0.6) is 5.75 Å². The third-order valence-electron chi connectivity index (χ3n) is 14.1. The van der Waals surface area contributed by atoms with Crippen LogP contribution in [0.3, 0.4) is 0 Å². The van der Waals surface area contributed by atoms with Crippen LogP contribution in [0.15, 0.2) is 73.0 Å². The Balaban J connectivity index is 0.907. The fourth-order valence-corrected chi connectivity index (χ4v) is 10.5. The van der Waals surface area contributed by atoms with E-state index in [0.29, 0.717) is 50.2 Å². The molecule has 1 saturated carbocycles. The number of carbonyl (C=O) groups is 4. The van der Waals surface area contributed by atoms with E-state index in [4.69, 9.17) is 33.7 Å². The van der Waals surface area contributed by atoms with Gasteiger partial charge in [0.25, 0.3) is 0 Å². The predicted octanol–water partition coefficient (Wildman–Crippen LogP) is 6.48. The smallest absolute Gasteiger partial charge is 0.407 e. The summed E-state index contributed by atoms with van der Waals surface area (Å²) in [7, 11) is 5.74. The molecule has 2 aromatic heterocycles. The summed E-state index contributed by atoms with van der Waals surface area (Å²) < 4.78 is 27.3. The molecule has 0 radical (unpaired) electrons. The Hall–Kier alpha value is -6.72. The molecule has 2 saturated heterocycles. The van der Waals surface area contributed by atoms with Crippen molar-refractivity contribution in [1.82, 2.24) is 40.4 Å². The van der Waals surface area contributed by atoms with E-state index in [9.17, 15) is 19.2 Å². The van der Waals surface area contributed by atoms with Crippen molar-refractivity contribution in [1.29, 1.82) is 0 Å². The molecule has 0 bridgehead atoms. The largest absolute Gasteiger partial charge is 0.488 e. The van der Waals surface area contributed by atoms with Crippen LogP contribution >= 0.6 is 0 Å². The Kier molecular flexibility index (Phi) is 11.5. The minimum Gasteiger partial charge on any atom is -0.488 e. The monoisotopic (exact) mass is 898 g/mol. The number of piperidine rings is 1. The molecule has 17 heteroatoms. The van der Waals surface area contributed by atoms with Crippen molar-refractivity contribution < 1.29 is 42.9 Å². The molecule has 3 aliphatic heterocycles. The Labute approximate surface area is 381 Å². The van der Waals surface area contributed by atoms with Crippen LogP contribution in [-0.2, 0) is 35.1 Å². The normalized spacial score (nSPS) is 24.0. The number of allylic oxidation sites excluding steroid dienone is 3. The Morgan fingerprint density at radius 2 is 1.73 bits per heavy atom. The average molecular weight is 899 g/mol. The Morgan fingerprint density at radius 3 is 2.50 bits per heavy atom. The number of amides is 4. The lowest BCUT2D eigenvalue weighted by Crippen LogP contribution is -2.54. The number of carbonyl (C=O) groups excluding carboxylic acids is 4. The first-order valence-electron chi connectivity index (χ1n) is 22.5. The lowest BCUT2D eigenvalue weighted by atomic mass is 9.91. The SMILES string of the molecule is COC[C@H]1C[C@@H](c2nc3ccc4cc5c(cc4c3[nH]2)OCc2cc(-c3cnc([C@@H]4CC6CC6N4C(=O)[C@@H](NC(=O)OC)[C@@H](C)OC)[nH]3)ccc2-5)N(C(=O)[C@H](NC(=O)OC)C2C=CC=CC2)C1. The maximum Gasteiger partial charge on any atom is 0.407 e. The number of hydrogen-bond acceptors (Lipinski definition) is 11. The molecule has 4 amide bonds. The summed E-state index contributed by atoms with van der Waals surface area (Å²) in [6.07, 6.45) is 10.6. The lowest BCUT2D eigenvalue weighted by molar-refractivity contribution is -0.139. The van der Waals surface area contributed by atoms with Crippen LogP contribution in [0.1, 0.15) is 61.9 Å². The topological polar surface area (TPSA) is 202 Å². The maximum absolute atomic E-state index is 14.5. The first-order chi connectivity index (χ1) is 32.1. The number of H-pyrrole nitrogens is 2. The van der Waals surface area contributed by atoms with Crippen LogP contribution in [0, 0.1) is 17.8 Å². The molecule has 4 N–H and O–H groups in total. The minimum atomic E-state index is -0.906. The van der Waals surface area contributed by atoms with Crippen LogP contribution < -0.4 is 15.4 Å². The number of nitrogens with one attached hydrogen (secondary N) is 4. The van der Waals surface area contributed by atoms with Crippen molar-refractivity contribution in [2.45, 2.75) is 75.5 Å². The number of fused-ring (bicyclic) bond motifs is 7. The number of rotatable bonds is 12. The van der Waals surface area contributed by atoms with Gasteiger partial charge in [-0.3, -0.25) is 9.59 Å². The van der Waals surface area contributed by atoms with Crippen LogP contribution in [-0.4, -0.2) is 120 Å². The van der Waals surface area contributed by atoms with Crippen molar-refractivity contribution in [2.75, 3.05) is 41.6 Å². The van der Waals surface area contributed by atoms with Gasteiger partial charge in [-0.15, -0.1) is 0 Å². The molecule has 3 aromatic carbocycles. The first-order valence-corrected chi connectivity index (χ1v) is 22.5. The van der Waals surface area contributed by atoms with Gasteiger partial charge in [-0.25, -0.2) is 19.6 Å². The molecular weight excluding hydrogens is 845 g/mol. The summed E-state index contributed by atoms with van der Waals surface area (Å²) in [5, 5.41) is 7.44. The molecule has 0 spiro atoms. The van der Waals surface area contributed by atoms with Crippen molar-refractivity contribution in [3.8, 4) is 28.1 Å². The number of aromatic amines is 2. The minimum absolute atomic E-state index is 0.0751. The highest BCUT2D eigenvalue weighted by Gasteiger charge is 2.56. The van der Waals surface area contributed by atoms with Gasteiger partial charge >= 0.3 is 12.2 Å². The molecule has 2 aliphatic carbocycles. The molecule has 5 heterocycles.